The van der Waals surface area contributed by atoms with Gasteiger partial charge in [0.1, 0.15) is 11.4 Å². The SMILES string of the molecule is CCOc1ccc(-c2cc(C(=O)O)[nH]n2)c(C)c1. The number of benzene rings is 1. The monoisotopic (exact) mass is 246 g/mol. The summed E-state index contributed by atoms with van der Waals surface area (Å²) in [7, 11) is 0. The molecule has 0 saturated carbocycles. The molecule has 5 heteroatoms. The zero-order valence-electron chi connectivity index (χ0n) is 10.2. The van der Waals surface area contributed by atoms with Gasteiger partial charge in [-0.1, -0.05) is 0 Å². The Hall–Kier alpha value is -2.30. The number of aryl methyl sites for hydroxylation is 1. The van der Waals surface area contributed by atoms with Gasteiger partial charge in [0.2, 0.25) is 0 Å². The van der Waals surface area contributed by atoms with Gasteiger partial charge in [-0.25, -0.2) is 4.79 Å². The van der Waals surface area contributed by atoms with Crippen molar-refractivity contribution in [1.29, 1.82) is 0 Å². The van der Waals surface area contributed by atoms with Crippen LogP contribution in [-0.4, -0.2) is 27.9 Å². The molecule has 0 amide bonds. The molecular formula is C13H14N2O3. The highest BCUT2D eigenvalue weighted by Gasteiger charge is 2.11. The predicted molar refractivity (Wildman–Crippen MR) is 66.9 cm³/mol. The Morgan fingerprint density at radius 1 is 1.44 bits per heavy atom. The van der Waals surface area contributed by atoms with Crippen LogP contribution in [0, 0.1) is 6.92 Å². The van der Waals surface area contributed by atoms with Crippen LogP contribution in [0.3, 0.4) is 0 Å². The number of nitrogens with zero attached hydrogens (tertiary/aromatic N) is 1. The lowest BCUT2D eigenvalue weighted by molar-refractivity contribution is 0.0690. The molecule has 2 rings (SSSR count). The maximum atomic E-state index is 10.8. The number of ether oxygens (including phenoxy) is 1. The van der Waals surface area contributed by atoms with Crippen molar-refractivity contribution < 1.29 is 14.6 Å². The highest BCUT2D eigenvalue weighted by atomic mass is 16.5. The largest absolute Gasteiger partial charge is 0.494 e. The van der Waals surface area contributed by atoms with Crippen LogP contribution in [0.1, 0.15) is 23.0 Å². The van der Waals surface area contributed by atoms with Gasteiger partial charge in [0, 0.05) is 5.56 Å². The zero-order valence-corrected chi connectivity index (χ0v) is 10.2. The summed E-state index contributed by atoms with van der Waals surface area (Å²) in [4.78, 5) is 10.8. The van der Waals surface area contributed by atoms with E-state index in [-0.39, 0.29) is 5.69 Å². The molecule has 0 unspecified atom stereocenters. The topological polar surface area (TPSA) is 75.2 Å². The second kappa shape index (κ2) is 4.91. The van der Waals surface area contributed by atoms with Crippen molar-refractivity contribution in [3.8, 4) is 17.0 Å². The molecule has 1 aromatic heterocycles. The molecule has 1 aromatic carbocycles. The van der Waals surface area contributed by atoms with Crippen LogP contribution in [0.25, 0.3) is 11.3 Å². The first-order valence-corrected chi connectivity index (χ1v) is 5.64. The summed E-state index contributed by atoms with van der Waals surface area (Å²) in [5.74, 6) is -0.218. The Kier molecular flexibility index (Phi) is 3.32. The van der Waals surface area contributed by atoms with Crippen LogP contribution in [0.5, 0.6) is 5.75 Å². The van der Waals surface area contributed by atoms with Crippen LogP contribution in [-0.2, 0) is 0 Å². The fourth-order valence-corrected chi connectivity index (χ4v) is 1.75. The number of hydrogen-bond donors (Lipinski definition) is 2. The van der Waals surface area contributed by atoms with E-state index in [1.54, 1.807) is 0 Å². The van der Waals surface area contributed by atoms with E-state index in [9.17, 15) is 4.79 Å². The summed E-state index contributed by atoms with van der Waals surface area (Å²) in [6.45, 7) is 4.48. The highest BCUT2D eigenvalue weighted by Crippen LogP contribution is 2.25. The van der Waals surface area contributed by atoms with Gasteiger partial charge >= 0.3 is 5.97 Å². The second-order valence-corrected chi connectivity index (χ2v) is 3.88. The third-order valence-corrected chi connectivity index (χ3v) is 2.59. The number of carboxylic acids is 1. The molecule has 0 fully saturated rings. The lowest BCUT2D eigenvalue weighted by atomic mass is 10.1. The summed E-state index contributed by atoms with van der Waals surface area (Å²) in [6, 6.07) is 7.15. The molecule has 0 aliphatic heterocycles. The van der Waals surface area contributed by atoms with Gasteiger partial charge in [0.05, 0.1) is 12.3 Å². The third kappa shape index (κ3) is 2.34. The number of hydrogen-bond acceptors (Lipinski definition) is 3. The lowest BCUT2D eigenvalue weighted by Gasteiger charge is -2.07. The van der Waals surface area contributed by atoms with E-state index < -0.39 is 5.97 Å². The fraction of sp³-hybridized carbons (Fsp3) is 0.231. The van der Waals surface area contributed by atoms with Crippen molar-refractivity contribution in [2.45, 2.75) is 13.8 Å². The van der Waals surface area contributed by atoms with Gasteiger partial charge in [-0.15, -0.1) is 0 Å². The van der Waals surface area contributed by atoms with Crippen molar-refractivity contribution in [2.24, 2.45) is 0 Å². The van der Waals surface area contributed by atoms with Crippen LogP contribution < -0.4 is 4.74 Å². The molecule has 0 aliphatic rings. The Morgan fingerprint density at radius 3 is 2.78 bits per heavy atom. The molecule has 0 aliphatic carbocycles. The van der Waals surface area contributed by atoms with Gasteiger partial charge in [-0.05, 0) is 43.7 Å². The molecule has 0 bridgehead atoms. The molecule has 2 N–H and O–H groups in total. The van der Waals surface area contributed by atoms with Crippen molar-refractivity contribution in [3.63, 3.8) is 0 Å². The second-order valence-electron chi connectivity index (χ2n) is 3.88. The molecule has 2 aromatic rings. The van der Waals surface area contributed by atoms with Crippen LogP contribution in [0.2, 0.25) is 0 Å². The number of aromatic nitrogens is 2. The number of aromatic amines is 1. The average molecular weight is 246 g/mol. The van der Waals surface area contributed by atoms with Crippen LogP contribution >= 0.6 is 0 Å². The highest BCUT2D eigenvalue weighted by molar-refractivity contribution is 5.87. The summed E-state index contributed by atoms with van der Waals surface area (Å²) in [5, 5.41) is 15.3. The van der Waals surface area contributed by atoms with E-state index in [0.29, 0.717) is 12.3 Å². The summed E-state index contributed by atoms with van der Waals surface area (Å²) < 4.78 is 5.40. The van der Waals surface area contributed by atoms with E-state index in [1.807, 2.05) is 32.0 Å². The van der Waals surface area contributed by atoms with E-state index >= 15 is 0 Å². The normalized spacial score (nSPS) is 10.3. The quantitative estimate of drug-likeness (QED) is 0.869. The van der Waals surface area contributed by atoms with Crippen molar-refractivity contribution in [3.05, 3.63) is 35.5 Å². The number of carboxylic acid groups (broad SMARTS) is 1. The van der Waals surface area contributed by atoms with E-state index in [4.69, 9.17) is 9.84 Å². The Bertz CT molecular complexity index is 575. The summed E-state index contributed by atoms with van der Waals surface area (Å²) in [6.07, 6.45) is 0. The number of H-pyrrole nitrogens is 1. The lowest BCUT2D eigenvalue weighted by Crippen LogP contribution is -1.95. The minimum absolute atomic E-state index is 0.0817. The maximum Gasteiger partial charge on any atom is 0.353 e. The molecule has 18 heavy (non-hydrogen) atoms. The molecule has 5 nitrogen and oxygen atoms in total. The van der Waals surface area contributed by atoms with Gasteiger partial charge in [-0.3, -0.25) is 5.10 Å². The number of nitrogens with one attached hydrogen (secondary N) is 1. The molecule has 0 radical (unpaired) electrons. The first-order valence-electron chi connectivity index (χ1n) is 5.64. The molecule has 0 saturated heterocycles. The smallest absolute Gasteiger partial charge is 0.353 e. The third-order valence-electron chi connectivity index (χ3n) is 2.59. The summed E-state index contributed by atoms with van der Waals surface area (Å²) in [5.41, 5.74) is 2.58. The molecule has 94 valence electrons. The summed E-state index contributed by atoms with van der Waals surface area (Å²) >= 11 is 0. The fourth-order valence-electron chi connectivity index (χ4n) is 1.75. The standard InChI is InChI=1S/C13H14N2O3/c1-3-18-9-4-5-10(8(2)6-9)11-7-12(13(16)17)15-14-11/h4-7H,3H2,1-2H3,(H,14,15)(H,16,17). The van der Waals surface area contributed by atoms with E-state index in [0.717, 1.165) is 16.9 Å². The predicted octanol–water partition coefficient (Wildman–Crippen LogP) is 2.48. The van der Waals surface area contributed by atoms with E-state index in [2.05, 4.69) is 10.2 Å². The first-order chi connectivity index (χ1) is 8.61. The van der Waals surface area contributed by atoms with Gasteiger partial charge in [0.25, 0.3) is 0 Å². The molecule has 0 atom stereocenters. The van der Waals surface area contributed by atoms with Crippen molar-refractivity contribution in [2.75, 3.05) is 6.61 Å². The average Bonchev–Trinajstić information content (AvgIpc) is 2.79. The van der Waals surface area contributed by atoms with Crippen LogP contribution in [0.15, 0.2) is 24.3 Å². The first kappa shape index (κ1) is 12.2. The Labute approximate surface area is 104 Å². The number of aromatic carboxylic acids is 1. The molecule has 1 heterocycles. The zero-order chi connectivity index (χ0) is 13.1. The van der Waals surface area contributed by atoms with Gasteiger partial charge in [-0.2, -0.15) is 5.10 Å². The van der Waals surface area contributed by atoms with E-state index in [1.165, 1.54) is 6.07 Å². The minimum Gasteiger partial charge on any atom is -0.494 e. The van der Waals surface area contributed by atoms with Gasteiger partial charge in [0.15, 0.2) is 0 Å². The number of carbonyl (C=O) groups is 1. The van der Waals surface area contributed by atoms with Crippen molar-refractivity contribution >= 4 is 5.97 Å². The number of rotatable bonds is 4. The van der Waals surface area contributed by atoms with Crippen LogP contribution in [0.4, 0.5) is 0 Å². The minimum atomic E-state index is -1.02. The molecule has 0 spiro atoms. The molecular weight excluding hydrogens is 232 g/mol. The van der Waals surface area contributed by atoms with Gasteiger partial charge < -0.3 is 9.84 Å². The Balaban J connectivity index is 2.35. The maximum absolute atomic E-state index is 10.8. The Morgan fingerprint density at radius 2 is 2.22 bits per heavy atom. The van der Waals surface area contributed by atoms with Crippen molar-refractivity contribution in [1.82, 2.24) is 10.2 Å².